The number of anilines is 1. The third-order valence-corrected chi connectivity index (χ3v) is 9.90. The zero-order chi connectivity index (χ0) is 36.6. The third-order valence-electron chi connectivity index (χ3n) is 9.90. The number of halogens is 6. The van der Waals surface area contributed by atoms with Crippen LogP contribution in [-0.2, 0) is 11.0 Å². The van der Waals surface area contributed by atoms with Gasteiger partial charge in [-0.3, -0.25) is 19.7 Å². The zero-order valence-electron chi connectivity index (χ0n) is 27.7. The molecule has 7 rings (SSSR count). The number of carbonyl (C=O) groups is 1. The number of hydrogen-bond donors (Lipinski definition) is 0. The maximum atomic E-state index is 16.5. The molecule has 0 unspecified atom stereocenters. The van der Waals surface area contributed by atoms with Crippen LogP contribution in [0.4, 0.5) is 32.2 Å². The first-order valence-corrected chi connectivity index (χ1v) is 16.7. The van der Waals surface area contributed by atoms with Crippen molar-refractivity contribution in [2.75, 3.05) is 44.2 Å². The molecule has 0 saturated carbocycles. The number of nitriles is 1. The lowest BCUT2D eigenvalue weighted by molar-refractivity contribution is -0.137. The first-order chi connectivity index (χ1) is 25.0. The fourth-order valence-electron chi connectivity index (χ4n) is 7.48. The minimum atomic E-state index is -4.80. The van der Waals surface area contributed by atoms with E-state index in [0.717, 1.165) is 24.6 Å². The van der Waals surface area contributed by atoms with Gasteiger partial charge < -0.3 is 14.5 Å². The summed E-state index contributed by atoms with van der Waals surface area (Å²) in [6.45, 7) is 0.906. The number of benzene rings is 1. The van der Waals surface area contributed by atoms with Gasteiger partial charge in [0.25, 0.3) is 5.91 Å². The Bertz CT molecular complexity index is 2060. The minimum absolute atomic E-state index is 0.00392. The van der Waals surface area contributed by atoms with Crippen molar-refractivity contribution in [3.05, 3.63) is 77.8 Å². The summed E-state index contributed by atoms with van der Waals surface area (Å²) in [7, 11) is 0. The van der Waals surface area contributed by atoms with Crippen LogP contribution in [0.5, 0.6) is 6.01 Å². The Balaban J connectivity index is 1.26. The Morgan fingerprint density at radius 2 is 1.88 bits per heavy atom. The molecule has 3 atom stereocenters. The monoisotopic (exact) mass is 722 g/mol. The van der Waals surface area contributed by atoms with E-state index in [1.165, 1.54) is 35.5 Å². The number of aromatic nitrogens is 4. The van der Waals surface area contributed by atoms with Crippen molar-refractivity contribution in [3.63, 3.8) is 0 Å². The summed E-state index contributed by atoms with van der Waals surface area (Å²) in [5, 5.41) is 9.69. The van der Waals surface area contributed by atoms with Crippen molar-refractivity contribution in [3.8, 4) is 23.3 Å². The van der Waals surface area contributed by atoms with E-state index in [-0.39, 0.29) is 74.1 Å². The SMILES string of the molecule is N#CC[C@H]1CN(c2nc(OC[C@@]34CCCN3C[C@H](F)C4)nc3c(F)c(-c4ccccc4C(F)(F)F)ncc23)CCN1C(=O)/C(F)=C/c1ccccn1. The Labute approximate surface area is 294 Å². The number of rotatable bonds is 8. The Hall–Kier alpha value is -5.30. The molecule has 270 valence electrons. The average Bonchev–Trinajstić information content (AvgIpc) is 3.66. The number of amides is 1. The van der Waals surface area contributed by atoms with Gasteiger partial charge in [-0.05, 0) is 37.6 Å². The second-order valence-electron chi connectivity index (χ2n) is 13.1. The van der Waals surface area contributed by atoms with E-state index in [4.69, 9.17) is 4.74 Å². The summed E-state index contributed by atoms with van der Waals surface area (Å²) in [6, 6.07) is 10.2. The molecule has 10 nitrogen and oxygen atoms in total. The summed E-state index contributed by atoms with van der Waals surface area (Å²) in [6.07, 6.45) is -0.652. The van der Waals surface area contributed by atoms with E-state index in [2.05, 4.69) is 19.9 Å². The summed E-state index contributed by atoms with van der Waals surface area (Å²) >= 11 is 0. The molecule has 3 fully saturated rings. The molecule has 0 radical (unpaired) electrons. The van der Waals surface area contributed by atoms with E-state index in [1.54, 1.807) is 17.0 Å². The molecule has 3 aromatic heterocycles. The third kappa shape index (κ3) is 6.72. The molecule has 3 aliphatic rings. The largest absolute Gasteiger partial charge is 0.461 e. The van der Waals surface area contributed by atoms with Gasteiger partial charge in [-0.25, -0.2) is 13.2 Å². The smallest absolute Gasteiger partial charge is 0.417 e. The normalized spacial score (nSPS) is 22.4. The predicted octanol–water partition coefficient (Wildman–Crippen LogP) is 6.14. The molecule has 3 aliphatic heterocycles. The molecule has 1 aromatic carbocycles. The molecule has 0 N–H and O–H groups in total. The molecule has 52 heavy (non-hydrogen) atoms. The highest BCUT2D eigenvalue weighted by molar-refractivity contribution is 5.96. The van der Waals surface area contributed by atoms with Crippen LogP contribution < -0.4 is 9.64 Å². The van der Waals surface area contributed by atoms with Crippen LogP contribution in [-0.4, -0.2) is 92.7 Å². The number of nitrogens with zero attached hydrogens (tertiary/aromatic N) is 8. The van der Waals surface area contributed by atoms with Crippen LogP contribution in [0, 0.1) is 17.1 Å². The summed E-state index contributed by atoms with van der Waals surface area (Å²) in [5.74, 6) is -3.06. The second-order valence-corrected chi connectivity index (χ2v) is 13.1. The van der Waals surface area contributed by atoms with E-state index in [1.807, 2.05) is 11.0 Å². The number of fused-ring (bicyclic) bond motifs is 2. The summed E-state index contributed by atoms with van der Waals surface area (Å²) < 4.78 is 94.1. The lowest BCUT2D eigenvalue weighted by Crippen LogP contribution is -2.55. The molecule has 0 aliphatic carbocycles. The maximum Gasteiger partial charge on any atom is 0.417 e. The molecule has 0 bridgehead atoms. The van der Waals surface area contributed by atoms with E-state index >= 15 is 8.78 Å². The van der Waals surface area contributed by atoms with Crippen LogP contribution in [0.15, 0.2) is 60.7 Å². The van der Waals surface area contributed by atoms with Crippen molar-refractivity contribution in [1.82, 2.24) is 29.7 Å². The Morgan fingerprint density at radius 1 is 1.08 bits per heavy atom. The van der Waals surface area contributed by atoms with Crippen molar-refractivity contribution in [2.45, 2.75) is 49.6 Å². The van der Waals surface area contributed by atoms with Gasteiger partial charge in [-0.1, -0.05) is 24.3 Å². The Kier molecular flexibility index (Phi) is 9.47. The van der Waals surface area contributed by atoms with Gasteiger partial charge in [0.15, 0.2) is 11.6 Å². The first kappa shape index (κ1) is 35.1. The molecule has 6 heterocycles. The van der Waals surface area contributed by atoms with Gasteiger partial charge in [0.1, 0.15) is 29.8 Å². The number of carbonyl (C=O) groups excluding carboxylic acids is 1. The number of alkyl halides is 4. The van der Waals surface area contributed by atoms with Gasteiger partial charge in [0.2, 0.25) is 0 Å². The lowest BCUT2D eigenvalue weighted by Gasteiger charge is -2.41. The molecule has 0 spiro atoms. The predicted molar refractivity (Wildman–Crippen MR) is 178 cm³/mol. The number of pyridine rings is 2. The molecular formula is C36H32F6N8O2. The van der Waals surface area contributed by atoms with E-state index in [0.29, 0.717) is 13.0 Å². The van der Waals surface area contributed by atoms with Gasteiger partial charge >= 0.3 is 12.2 Å². The summed E-state index contributed by atoms with van der Waals surface area (Å²) in [5.41, 5.74) is -2.89. The van der Waals surface area contributed by atoms with Gasteiger partial charge in [-0.15, -0.1) is 0 Å². The fourth-order valence-corrected chi connectivity index (χ4v) is 7.48. The average molecular weight is 723 g/mol. The highest BCUT2D eigenvalue weighted by Gasteiger charge is 2.49. The summed E-state index contributed by atoms with van der Waals surface area (Å²) in [4.78, 5) is 35.2. The van der Waals surface area contributed by atoms with Gasteiger partial charge in [0.05, 0.1) is 40.7 Å². The van der Waals surface area contributed by atoms with Crippen LogP contribution in [0.1, 0.15) is 36.9 Å². The number of ether oxygens (including phenoxy) is 1. The lowest BCUT2D eigenvalue weighted by atomic mass is 9.95. The second kappa shape index (κ2) is 14.0. The van der Waals surface area contributed by atoms with Crippen LogP contribution in [0.25, 0.3) is 28.2 Å². The first-order valence-electron chi connectivity index (χ1n) is 16.7. The standard InChI is InChI=1S/C36H32F6N8O2/c37-22-17-35(10-5-13-49(35)19-22)21-52-34-46-31-26(18-45-30(29(31)39)25-7-1-2-8-27(25)36(40,41)42)32(47-34)48-14-15-50(24(20-48)9-11-43)33(51)28(38)16-23-6-3-4-12-44-23/h1-4,6-8,12,16,18,22,24H,5,9-10,13-15,17,19-21H2/b28-16-/t22-,24+,35+/m1/s1. The topological polar surface area (TPSA) is 111 Å². The molecular weight excluding hydrogens is 690 g/mol. The van der Waals surface area contributed by atoms with Crippen molar-refractivity contribution in [1.29, 1.82) is 5.26 Å². The quantitative estimate of drug-likeness (QED) is 0.156. The van der Waals surface area contributed by atoms with Crippen molar-refractivity contribution < 1.29 is 35.9 Å². The van der Waals surface area contributed by atoms with Crippen LogP contribution in [0.3, 0.4) is 0 Å². The molecule has 1 amide bonds. The Morgan fingerprint density at radius 3 is 2.65 bits per heavy atom. The molecule has 3 saturated heterocycles. The molecule has 16 heteroatoms. The zero-order valence-corrected chi connectivity index (χ0v) is 27.7. The fraction of sp³-hybridized carbons (Fsp3) is 0.389. The van der Waals surface area contributed by atoms with E-state index in [9.17, 15) is 27.6 Å². The van der Waals surface area contributed by atoms with Gasteiger partial charge in [-0.2, -0.15) is 28.4 Å². The number of hydrogen-bond acceptors (Lipinski definition) is 9. The minimum Gasteiger partial charge on any atom is -0.461 e. The van der Waals surface area contributed by atoms with Crippen LogP contribution in [0.2, 0.25) is 0 Å². The highest BCUT2D eigenvalue weighted by atomic mass is 19.4. The van der Waals surface area contributed by atoms with Gasteiger partial charge in [0, 0.05) is 56.6 Å². The van der Waals surface area contributed by atoms with E-state index < -0.39 is 58.3 Å². The van der Waals surface area contributed by atoms with Crippen LogP contribution >= 0.6 is 0 Å². The number of piperazine rings is 1. The molecule has 4 aromatic rings. The van der Waals surface area contributed by atoms with Crippen molar-refractivity contribution >= 4 is 28.7 Å². The highest BCUT2D eigenvalue weighted by Crippen LogP contribution is 2.42. The van der Waals surface area contributed by atoms with Crippen molar-refractivity contribution in [2.24, 2.45) is 0 Å². The maximum absolute atomic E-state index is 16.5.